The highest BCUT2D eigenvalue weighted by Crippen LogP contribution is 2.25. The lowest BCUT2D eigenvalue weighted by Gasteiger charge is -2.15. The first-order valence-corrected chi connectivity index (χ1v) is 8.38. The van der Waals surface area contributed by atoms with Gasteiger partial charge in [0, 0.05) is 5.69 Å². The molecular formula is C20H24N2O3. The highest BCUT2D eigenvalue weighted by molar-refractivity contribution is 6.44. The molecule has 5 heteroatoms. The summed E-state index contributed by atoms with van der Waals surface area (Å²) in [7, 11) is 0. The Labute approximate surface area is 148 Å². The summed E-state index contributed by atoms with van der Waals surface area (Å²) < 4.78 is 5.65. The summed E-state index contributed by atoms with van der Waals surface area (Å²) in [5.41, 5.74) is 3.07. The summed E-state index contributed by atoms with van der Waals surface area (Å²) in [6.45, 7) is 7.70. The van der Waals surface area contributed by atoms with Crippen LogP contribution in [-0.2, 0) is 16.0 Å². The van der Waals surface area contributed by atoms with Gasteiger partial charge in [0.1, 0.15) is 5.75 Å². The van der Waals surface area contributed by atoms with Gasteiger partial charge in [-0.15, -0.1) is 0 Å². The number of benzene rings is 2. The molecule has 0 unspecified atom stereocenters. The van der Waals surface area contributed by atoms with Gasteiger partial charge in [-0.2, -0.15) is 0 Å². The highest BCUT2D eigenvalue weighted by atomic mass is 16.5. The topological polar surface area (TPSA) is 67.4 Å². The fraction of sp³-hybridized carbons (Fsp3) is 0.300. The van der Waals surface area contributed by atoms with Gasteiger partial charge in [-0.05, 0) is 50.5 Å². The zero-order valence-corrected chi connectivity index (χ0v) is 15.1. The highest BCUT2D eigenvalue weighted by Gasteiger charge is 2.18. The zero-order chi connectivity index (χ0) is 18.4. The Morgan fingerprint density at radius 2 is 1.68 bits per heavy atom. The van der Waals surface area contributed by atoms with E-state index in [-0.39, 0.29) is 6.10 Å². The number of amides is 2. The molecular weight excluding hydrogens is 316 g/mol. The van der Waals surface area contributed by atoms with Crippen LogP contribution in [0.3, 0.4) is 0 Å². The zero-order valence-electron chi connectivity index (χ0n) is 15.1. The van der Waals surface area contributed by atoms with Gasteiger partial charge in [0.25, 0.3) is 0 Å². The van der Waals surface area contributed by atoms with Gasteiger partial charge in [0.15, 0.2) is 0 Å². The van der Waals surface area contributed by atoms with Crippen molar-refractivity contribution in [2.24, 2.45) is 0 Å². The summed E-state index contributed by atoms with van der Waals surface area (Å²) in [5, 5.41) is 5.34. The molecule has 2 rings (SSSR count). The molecule has 0 bridgehead atoms. The molecule has 0 spiro atoms. The number of para-hydroxylation sites is 3. The second kappa shape index (κ2) is 8.33. The van der Waals surface area contributed by atoms with Gasteiger partial charge in [0.2, 0.25) is 0 Å². The maximum atomic E-state index is 12.3. The third kappa shape index (κ3) is 4.83. The molecule has 0 fully saturated rings. The molecule has 2 aromatic rings. The molecule has 132 valence electrons. The van der Waals surface area contributed by atoms with Crippen molar-refractivity contribution >= 4 is 23.2 Å². The van der Waals surface area contributed by atoms with Gasteiger partial charge in [0.05, 0.1) is 11.8 Å². The minimum atomic E-state index is -0.731. The average molecular weight is 340 g/mol. The van der Waals surface area contributed by atoms with E-state index in [2.05, 4.69) is 10.6 Å². The van der Waals surface area contributed by atoms with Crippen molar-refractivity contribution < 1.29 is 14.3 Å². The molecule has 0 saturated carbocycles. The number of nitrogens with one attached hydrogen (secondary N) is 2. The predicted molar refractivity (Wildman–Crippen MR) is 100 cm³/mol. The van der Waals surface area contributed by atoms with E-state index in [1.807, 2.05) is 52.0 Å². The molecule has 2 N–H and O–H groups in total. The first-order valence-electron chi connectivity index (χ1n) is 8.38. The lowest BCUT2D eigenvalue weighted by molar-refractivity contribution is -0.133. The summed E-state index contributed by atoms with van der Waals surface area (Å²) in [5.74, 6) is -0.905. The summed E-state index contributed by atoms with van der Waals surface area (Å²) in [6, 6.07) is 12.8. The average Bonchev–Trinajstić information content (AvgIpc) is 2.57. The number of aryl methyl sites for hydroxylation is 2. The molecule has 2 aromatic carbocycles. The Morgan fingerprint density at radius 1 is 1.00 bits per heavy atom. The molecule has 0 aromatic heterocycles. The molecule has 0 saturated heterocycles. The van der Waals surface area contributed by atoms with Crippen molar-refractivity contribution in [2.75, 3.05) is 10.6 Å². The van der Waals surface area contributed by atoms with E-state index in [0.717, 1.165) is 17.5 Å². The molecule has 5 nitrogen and oxygen atoms in total. The lowest BCUT2D eigenvalue weighted by atomic mass is 10.1. The Morgan fingerprint density at radius 3 is 2.36 bits per heavy atom. The van der Waals surface area contributed by atoms with Crippen LogP contribution in [0.1, 0.15) is 31.9 Å². The summed E-state index contributed by atoms with van der Waals surface area (Å²) >= 11 is 0. The number of anilines is 2. The van der Waals surface area contributed by atoms with Crippen molar-refractivity contribution in [2.45, 2.75) is 40.2 Å². The molecule has 0 atom stereocenters. The van der Waals surface area contributed by atoms with Gasteiger partial charge in [-0.25, -0.2) is 0 Å². The Bertz CT molecular complexity index is 769. The van der Waals surface area contributed by atoms with Crippen molar-refractivity contribution in [3.05, 3.63) is 53.6 Å². The van der Waals surface area contributed by atoms with Crippen LogP contribution in [0.25, 0.3) is 0 Å². The first kappa shape index (κ1) is 18.5. The number of hydrogen-bond acceptors (Lipinski definition) is 3. The van der Waals surface area contributed by atoms with E-state index in [1.54, 1.807) is 18.2 Å². The standard InChI is InChI=1S/C20H24N2O3/c1-5-15-10-8-9-14(4)18(15)22-20(24)19(23)21-16-11-6-7-12-17(16)25-13(2)3/h6-13H,5H2,1-4H3,(H,21,23)(H,22,24). The van der Waals surface area contributed by atoms with Gasteiger partial charge in [-0.3, -0.25) is 9.59 Å². The van der Waals surface area contributed by atoms with Crippen LogP contribution in [0.4, 0.5) is 11.4 Å². The number of carbonyl (C=O) groups excluding carboxylic acids is 2. The van der Waals surface area contributed by atoms with Crippen LogP contribution in [0, 0.1) is 6.92 Å². The maximum absolute atomic E-state index is 12.3. The fourth-order valence-corrected chi connectivity index (χ4v) is 2.48. The maximum Gasteiger partial charge on any atom is 0.314 e. The van der Waals surface area contributed by atoms with Crippen molar-refractivity contribution in [1.29, 1.82) is 0 Å². The van der Waals surface area contributed by atoms with E-state index < -0.39 is 11.8 Å². The quantitative estimate of drug-likeness (QED) is 0.811. The monoisotopic (exact) mass is 340 g/mol. The molecule has 25 heavy (non-hydrogen) atoms. The van der Waals surface area contributed by atoms with Gasteiger partial charge >= 0.3 is 11.8 Å². The van der Waals surface area contributed by atoms with Crippen LogP contribution in [-0.4, -0.2) is 17.9 Å². The third-order valence-electron chi connectivity index (χ3n) is 3.68. The van der Waals surface area contributed by atoms with Crippen LogP contribution in [0.2, 0.25) is 0 Å². The molecule has 2 amide bonds. The van der Waals surface area contributed by atoms with Crippen molar-refractivity contribution in [1.82, 2.24) is 0 Å². The number of hydrogen-bond donors (Lipinski definition) is 2. The largest absolute Gasteiger partial charge is 0.489 e. The molecule has 0 aliphatic rings. The Balaban J connectivity index is 2.13. The third-order valence-corrected chi connectivity index (χ3v) is 3.68. The minimum Gasteiger partial charge on any atom is -0.489 e. The second-order valence-electron chi connectivity index (χ2n) is 6.03. The lowest BCUT2D eigenvalue weighted by Crippen LogP contribution is -2.30. The van der Waals surface area contributed by atoms with Crippen LogP contribution in [0.5, 0.6) is 5.75 Å². The van der Waals surface area contributed by atoms with Crippen LogP contribution in [0.15, 0.2) is 42.5 Å². The van der Waals surface area contributed by atoms with E-state index >= 15 is 0 Å². The predicted octanol–water partition coefficient (Wildman–Crippen LogP) is 3.92. The molecule has 0 heterocycles. The van der Waals surface area contributed by atoms with E-state index in [4.69, 9.17) is 4.74 Å². The number of ether oxygens (including phenoxy) is 1. The smallest absolute Gasteiger partial charge is 0.314 e. The summed E-state index contributed by atoms with van der Waals surface area (Å²) in [6.07, 6.45) is 0.732. The van der Waals surface area contributed by atoms with Crippen molar-refractivity contribution in [3.63, 3.8) is 0 Å². The second-order valence-corrected chi connectivity index (χ2v) is 6.03. The van der Waals surface area contributed by atoms with Crippen molar-refractivity contribution in [3.8, 4) is 5.75 Å². The Kier molecular flexibility index (Phi) is 6.17. The van der Waals surface area contributed by atoms with E-state index in [0.29, 0.717) is 17.1 Å². The number of rotatable bonds is 5. The minimum absolute atomic E-state index is 0.0361. The van der Waals surface area contributed by atoms with Gasteiger partial charge < -0.3 is 15.4 Å². The molecule has 0 aliphatic carbocycles. The number of carbonyl (C=O) groups is 2. The van der Waals surface area contributed by atoms with E-state index in [1.165, 1.54) is 0 Å². The Hall–Kier alpha value is -2.82. The normalized spacial score (nSPS) is 10.4. The van der Waals surface area contributed by atoms with Crippen LogP contribution >= 0.6 is 0 Å². The molecule has 0 radical (unpaired) electrons. The SMILES string of the molecule is CCc1cccc(C)c1NC(=O)C(=O)Nc1ccccc1OC(C)C. The van der Waals surface area contributed by atoms with Gasteiger partial charge in [-0.1, -0.05) is 37.3 Å². The van der Waals surface area contributed by atoms with E-state index in [9.17, 15) is 9.59 Å². The molecule has 0 aliphatic heterocycles. The summed E-state index contributed by atoms with van der Waals surface area (Å²) in [4.78, 5) is 24.6. The van der Waals surface area contributed by atoms with Crippen LogP contribution < -0.4 is 15.4 Å². The first-order chi connectivity index (χ1) is 11.9. The fourth-order valence-electron chi connectivity index (χ4n) is 2.48.